The van der Waals surface area contributed by atoms with Crippen LogP contribution in [0.3, 0.4) is 0 Å². The van der Waals surface area contributed by atoms with Gasteiger partial charge in [0.2, 0.25) is 11.9 Å². The van der Waals surface area contributed by atoms with Crippen LogP contribution in [0.25, 0.3) is 11.1 Å². The number of allylic oxidation sites excluding steroid dienone is 2. The van der Waals surface area contributed by atoms with E-state index in [0.29, 0.717) is 11.9 Å². The first-order valence-corrected chi connectivity index (χ1v) is 11.7. The molecule has 33 heavy (non-hydrogen) atoms. The molecule has 1 aromatic heterocycles. The van der Waals surface area contributed by atoms with Crippen LogP contribution in [0.2, 0.25) is 0 Å². The van der Waals surface area contributed by atoms with Gasteiger partial charge in [-0.1, -0.05) is 74.5 Å². The summed E-state index contributed by atoms with van der Waals surface area (Å²) in [5.74, 6) is 2.33. The van der Waals surface area contributed by atoms with Crippen molar-refractivity contribution in [3.8, 4) is 0 Å². The maximum absolute atomic E-state index is 4.89. The van der Waals surface area contributed by atoms with Crippen molar-refractivity contribution in [1.82, 2.24) is 15.0 Å². The van der Waals surface area contributed by atoms with Gasteiger partial charge in [-0.2, -0.15) is 15.0 Å². The lowest BCUT2D eigenvalue weighted by molar-refractivity contribution is 0.743. The van der Waals surface area contributed by atoms with Crippen LogP contribution >= 0.6 is 0 Å². The molecule has 0 amide bonds. The van der Waals surface area contributed by atoms with Crippen molar-refractivity contribution >= 4 is 23.0 Å². The van der Waals surface area contributed by atoms with Crippen molar-refractivity contribution in [2.45, 2.75) is 47.5 Å². The van der Waals surface area contributed by atoms with Gasteiger partial charge in [-0.05, 0) is 50.0 Å². The molecule has 0 spiro atoms. The van der Waals surface area contributed by atoms with E-state index >= 15 is 0 Å². The Hall–Kier alpha value is -3.47. The van der Waals surface area contributed by atoms with E-state index in [9.17, 15) is 0 Å². The molecule has 0 aliphatic heterocycles. The van der Waals surface area contributed by atoms with Crippen LogP contribution in [0.1, 0.15) is 64.4 Å². The number of benzene rings is 2. The van der Waals surface area contributed by atoms with Crippen molar-refractivity contribution in [2.75, 3.05) is 22.9 Å². The summed E-state index contributed by atoms with van der Waals surface area (Å²) in [5.41, 5.74) is 4.70. The first-order chi connectivity index (χ1) is 15.9. The number of nitrogens with zero attached hydrogens (tertiary/aromatic N) is 5. The Morgan fingerprint density at radius 3 is 1.42 bits per heavy atom. The molecular formula is C28H35N5. The summed E-state index contributed by atoms with van der Waals surface area (Å²) in [6.07, 6.45) is 4.25. The minimum Gasteiger partial charge on any atom is -0.317 e. The standard InChI is InChI=1S/C28H35N5/c1-7-32(19-22(5)24-15-11-9-12-16-24)27-29-26(21(3)4)30-28(31-27)33(8-2)20-23(6)25-17-13-10-14-18-25/h9-21H,7-8H2,1-6H3/b22-19-,23-20-. The zero-order valence-electron chi connectivity index (χ0n) is 20.7. The van der Waals surface area contributed by atoms with Gasteiger partial charge in [0.05, 0.1) is 0 Å². The van der Waals surface area contributed by atoms with E-state index in [2.05, 4.69) is 112 Å². The summed E-state index contributed by atoms with van der Waals surface area (Å²) >= 11 is 0. The Morgan fingerprint density at radius 1 is 0.697 bits per heavy atom. The lowest BCUT2D eigenvalue weighted by Crippen LogP contribution is -2.24. The van der Waals surface area contributed by atoms with E-state index in [1.165, 1.54) is 11.1 Å². The van der Waals surface area contributed by atoms with Crippen LogP contribution in [-0.2, 0) is 0 Å². The lowest BCUT2D eigenvalue weighted by Gasteiger charge is -2.23. The molecule has 0 unspecified atom stereocenters. The third-order valence-electron chi connectivity index (χ3n) is 5.50. The normalized spacial score (nSPS) is 12.2. The van der Waals surface area contributed by atoms with Crippen molar-refractivity contribution in [1.29, 1.82) is 0 Å². The van der Waals surface area contributed by atoms with E-state index in [4.69, 9.17) is 15.0 Å². The van der Waals surface area contributed by atoms with Crippen molar-refractivity contribution in [3.05, 3.63) is 90.0 Å². The molecule has 3 rings (SSSR count). The highest BCUT2D eigenvalue weighted by Gasteiger charge is 2.16. The molecule has 3 aromatic rings. The van der Waals surface area contributed by atoms with E-state index in [0.717, 1.165) is 30.1 Å². The van der Waals surface area contributed by atoms with Gasteiger partial charge >= 0.3 is 0 Å². The van der Waals surface area contributed by atoms with E-state index in [1.807, 2.05) is 12.1 Å². The predicted molar refractivity (Wildman–Crippen MR) is 140 cm³/mol. The summed E-state index contributed by atoms with van der Waals surface area (Å²) in [5, 5.41) is 0. The first kappa shape index (κ1) is 24.2. The van der Waals surface area contributed by atoms with Gasteiger partial charge in [-0.15, -0.1) is 0 Å². The number of hydrogen-bond acceptors (Lipinski definition) is 5. The van der Waals surface area contributed by atoms with Crippen LogP contribution < -0.4 is 9.80 Å². The number of anilines is 2. The highest BCUT2D eigenvalue weighted by atomic mass is 15.3. The van der Waals surface area contributed by atoms with Gasteiger partial charge < -0.3 is 9.80 Å². The fraction of sp³-hybridized carbons (Fsp3) is 0.321. The third kappa shape index (κ3) is 6.28. The van der Waals surface area contributed by atoms with Crippen LogP contribution in [0.5, 0.6) is 0 Å². The average Bonchev–Trinajstić information content (AvgIpc) is 2.86. The molecule has 0 saturated heterocycles. The van der Waals surface area contributed by atoms with Crippen molar-refractivity contribution < 1.29 is 0 Å². The molecule has 0 aliphatic rings. The summed E-state index contributed by atoms with van der Waals surface area (Å²) in [6.45, 7) is 14.2. The van der Waals surface area contributed by atoms with Gasteiger partial charge in [0, 0.05) is 31.4 Å². The average molecular weight is 442 g/mol. The fourth-order valence-corrected chi connectivity index (χ4v) is 3.48. The maximum Gasteiger partial charge on any atom is 0.234 e. The minimum atomic E-state index is 0.196. The molecule has 5 nitrogen and oxygen atoms in total. The molecular weight excluding hydrogens is 406 g/mol. The molecule has 1 heterocycles. The zero-order valence-corrected chi connectivity index (χ0v) is 20.7. The Labute approximate surface area is 198 Å². The van der Waals surface area contributed by atoms with Gasteiger partial charge in [-0.3, -0.25) is 0 Å². The largest absolute Gasteiger partial charge is 0.317 e. The summed E-state index contributed by atoms with van der Waals surface area (Å²) in [7, 11) is 0. The summed E-state index contributed by atoms with van der Waals surface area (Å²) < 4.78 is 0. The number of aromatic nitrogens is 3. The number of rotatable bonds is 9. The van der Waals surface area contributed by atoms with Crippen LogP contribution in [0.15, 0.2) is 73.1 Å². The van der Waals surface area contributed by atoms with Crippen molar-refractivity contribution in [2.24, 2.45) is 0 Å². The van der Waals surface area contributed by atoms with Crippen LogP contribution in [-0.4, -0.2) is 28.0 Å². The number of hydrogen-bond donors (Lipinski definition) is 0. The second kappa shape index (κ2) is 11.4. The Balaban J connectivity index is 2.02. The van der Waals surface area contributed by atoms with Gasteiger partial charge in [0.15, 0.2) is 0 Å². The van der Waals surface area contributed by atoms with E-state index < -0.39 is 0 Å². The Bertz CT molecular complexity index is 1010. The summed E-state index contributed by atoms with van der Waals surface area (Å²) in [6, 6.07) is 20.8. The molecule has 0 radical (unpaired) electrons. The fourth-order valence-electron chi connectivity index (χ4n) is 3.48. The molecule has 5 heteroatoms. The highest BCUT2D eigenvalue weighted by Crippen LogP contribution is 2.23. The SMILES string of the molecule is CCN(/C=C(/C)c1ccccc1)c1nc(C(C)C)nc(N(/C=C(/C)c2ccccc2)CC)n1. The molecule has 0 N–H and O–H groups in total. The topological polar surface area (TPSA) is 45.2 Å². The lowest BCUT2D eigenvalue weighted by atomic mass is 10.1. The second-order valence-corrected chi connectivity index (χ2v) is 8.38. The van der Waals surface area contributed by atoms with Gasteiger partial charge in [0.1, 0.15) is 5.82 Å². The minimum absolute atomic E-state index is 0.196. The highest BCUT2D eigenvalue weighted by molar-refractivity contribution is 5.67. The molecule has 0 bridgehead atoms. The first-order valence-electron chi connectivity index (χ1n) is 11.7. The van der Waals surface area contributed by atoms with Gasteiger partial charge in [-0.25, -0.2) is 0 Å². The smallest absolute Gasteiger partial charge is 0.234 e. The van der Waals surface area contributed by atoms with Crippen molar-refractivity contribution in [3.63, 3.8) is 0 Å². The second-order valence-electron chi connectivity index (χ2n) is 8.38. The molecule has 0 aliphatic carbocycles. The Kier molecular flexibility index (Phi) is 8.36. The summed E-state index contributed by atoms with van der Waals surface area (Å²) in [4.78, 5) is 18.7. The monoisotopic (exact) mass is 441 g/mol. The molecule has 0 fully saturated rings. The van der Waals surface area contributed by atoms with E-state index in [-0.39, 0.29) is 5.92 Å². The zero-order chi connectivity index (χ0) is 23.8. The molecule has 0 saturated carbocycles. The molecule has 0 atom stereocenters. The molecule has 172 valence electrons. The van der Waals surface area contributed by atoms with Crippen LogP contribution in [0, 0.1) is 0 Å². The van der Waals surface area contributed by atoms with E-state index in [1.54, 1.807) is 0 Å². The Morgan fingerprint density at radius 2 is 1.09 bits per heavy atom. The van der Waals surface area contributed by atoms with Gasteiger partial charge in [0.25, 0.3) is 0 Å². The molecule has 2 aromatic carbocycles. The van der Waals surface area contributed by atoms with Crippen LogP contribution in [0.4, 0.5) is 11.9 Å². The predicted octanol–water partition coefficient (Wildman–Crippen LogP) is 6.77. The third-order valence-corrected chi connectivity index (χ3v) is 5.50. The quantitative estimate of drug-likeness (QED) is 0.367. The maximum atomic E-state index is 4.89.